The van der Waals surface area contributed by atoms with Gasteiger partial charge in [-0.15, -0.1) is 0 Å². The highest BCUT2D eigenvalue weighted by atomic mass is 16.5. The number of nitrogens with one attached hydrogen (secondary N) is 1. The van der Waals surface area contributed by atoms with Gasteiger partial charge in [0, 0.05) is 37.8 Å². The Bertz CT molecular complexity index is 727. The highest BCUT2D eigenvalue weighted by molar-refractivity contribution is 5.90. The van der Waals surface area contributed by atoms with E-state index in [-0.39, 0.29) is 12.1 Å². The van der Waals surface area contributed by atoms with Crippen LogP contribution >= 0.6 is 0 Å². The van der Waals surface area contributed by atoms with Crippen molar-refractivity contribution in [3.8, 4) is 5.69 Å². The van der Waals surface area contributed by atoms with Gasteiger partial charge in [-0.1, -0.05) is 19.9 Å². The Balaban J connectivity index is 1.57. The fourth-order valence-corrected chi connectivity index (χ4v) is 3.02. The number of anilines is 1. The molecule has 1 aliphatic heterocycles. The van der Waals surface area contributed by atoms with Gasteiger partial charge in [0.25, 0.3) is 0 Å². The van der Waals surface area contributed by atoms with Crippen LogP contribution in [-0.2, 0) is 4.74 Å². The molecule has 1 atom stereocenters. The van der Waals surface area contributed by atoms with Crippen LogP contribution in [0.2, 0.25) is 0 Å². The standard InChI is InChI=1S/C20H28N4O2/c1-15(2)8-12-26-18-7-11-23(14-18)20(25)22-19-13-17(6-5-16(19)3)24-10-4-9-21-24/h4-6,9-10,13,15,18H,7-8,11-12,14H2,1-3H3,(H,22,25). The van der Waals surface area contributed by atoms with E-state index in [9.17, 15) is 4.79 Å². The summed E-state index contributed by atoms with van der Waals surface area (Å²) in [6, 6.07) is 7.75. The summed E-state index contributed by atoms with van der Waals surface area (Å²) in [5.41, 5.74) is 2.76. The van der Waals surface area contributed by atoms with Gasteiger partial charge in [-0.2, -0.15) is 5.10 Å². The molecule has 0 radical (unpaired) electrons. The number of hydrogen-bond donors (Lipinski definition) is 1. The van der Waals surface area contributed by atoms with Crippen molar-refractivity contribution in [2.75, 3.05) is 25.0 Å². The molecule has 2 amide bonds. The quantitative estimate of drug-likeness (QED) is 0.855. The van der Waals surface area contributed by atoms with Crippen LogP contribution in [-0.4, -0.2) is 46.5 Å². The molecule has 1 fully saturated rings. The van der Waals surface area contributed by atoms with Crippen LogP contribution in [0.15, 0.2) is 36.7 Å². The van der Waals surface area contributed by atoms with Crippen molar-refractivity contribution in [2.45, 2.75) is 39.7 Å². The van der Waals surface area contributed by atoms with E-state index in [1.54, 1.807) is 10.9 Å². The molecule has 2 heterocycles. The number of urea groups is 1. The van der Waals surface area contributed by atoms with Crippen molar-refractivity contribution < 1.29 is 9.53 Å². The first-order valence-electron chi connectivity index (χ1n) is 9.31. The molecule has 0 spiro atoms. The first-order chi connectivity index (χ1) is 12.5. The zero-order valence-electron chi connectivity index (χ0n) is 15.8. The molecule has 6 nitrogen and oxygen atoms in total. The smallest absolute Gasteiger partial charge is 0.321 e. The fraction of sp³-hybridized carbons (Fsp3) is 0.500. The van der Waals surface area contributed by atoms with Crippen LogP contribution in [0.3, 0.4) is 0 Å². The van der Waals surface area contributed by atoms with Gasteiger partial charge < -0.3 is 15.0 Å². The molecule has 1 N–H and O–H groups in total. The van der Waals surface area contributed by atoms with Gasteiger partial charge in [0.2, 0.25) is 0 Å². The molecule has 2 aromatic rings. The Labute approximate surface area is 155 Å². The van der Waals surface area contributed by atoms with Crippen LogP contribution in [0.4, 0.5) is 10.5 Å². The topological polar surface area (TPSA) is 59.4 Å². The maximum absolute atomic E-state index is 12.6. The lowest BCUT2D eigenvalue weighted by Crippen LogP contribution is -2.34. The number of ether oxygens (including phenoxy) is 1. The Kier molecular flexibility index (Phi) is 5.93. The maximum Gasteiger partial charge on any atom is 0.321 e. The minimum absolute atomic E-state index is 0.0688. The first kappa shape index (κ1) is 18.5. The van der Waals surface area contributed by atoms with Gasteiger partial charge in [-0.3, -0.25) is 0 Å². The molecule has 1 aliphatic rings. The van der Waals surface area contributed by atoms with E-state index in [2.05, 4.69) is 24.3 Å². The molecule has 0 aliphatic carbocycles. The Hall–Kier alpha value is -2.34. The first-order valence-corrected chi connectivity index (χ1v) is 9.31. The number of aromatic nitrogens is 2. The summed E-state index contributed by atoms with van der Waals surface area (Å²) in [6.07, 6.45) is 5.73. The van der Waals surface area contributed by atoms with Crippen molar-refractivity contribution in [3.63, 3.8) is 0 Å². The largest absolute Gasteiger partial charge is 0.376 e. The summed E-state index contributed by atoms with van der Waals surface area (Å²) in [4.78, 5) is 14.5. The Morgan fingerprint density at radius 1 is 1.42 bits per heavy atom. The number of amides is 2. The van der Waals surface area contributed by atoms with Crippen molar-refractivity contribution in [1.29, 1.82) is 0 Å². The van der Waals surface area contributed by atoms with Crippen molar-refractivity contribution >= 4 is 11.7 Å². The molecule has 140 valence electrons. The molecule has 1 aromatic heterocycles. The molecule has 0 saturated carbocycles. The average Bonchev–Trinajstić information content (AvgIpc) is 3.28. The lowest BCUT2D eigenvalue weighted by atomic mass is 10.1. The van der Waals surface area contributed by atoms with Crippen LogP contribution in [0, 0.1) is 12.8 Å². The number of likely N-dealkylation sites (tertiary alicyclic amines) is 1. The van der Waals surface area contributed by atoms with E-state index in [0.29, 0.717) is 12.5 Å². The number of rotatable bonds is 6. The molecule has 1 saturated heterocycles. The van der Waals surface area contributed by atoms with Crippen molar-refractivity contribution in [3.05, 3.63) is 42.2 Å². The SMILES string of the molecule is Cc1ccc(-n2cccn2)cc1NC(=O)N1CCC(OCCC(C)C)C1. The lowest BCUT2D eigenvalue weighted by Gasteiger charge is -2.19. The van der Waals surface area contributed by atoms with Crippen LogP contribution < -0.4 is 5.32 Å². The lowest BCUT2D eigenvalue weighted by molar-refractivity contribution is 0.0547. The minimum Gasteiger partial charge on any atom is -0.376 e. The third-order valence-corrected chi connectivity index (χ3v) is 4.71. The third kappa shape index (κ3) is 4.64. The normalized spacial score (nSPS) is 17.1. The number of carbonyl (C=O) groups excluding carboxylic acids is 1. The molecule has 6 heteroatoms. The molecule has 1 aromatic carbocycles. The highest BCUT2D eigenvalue weighted by Crippen LogP contribution is 2.21. The summed E-state index contributed by atoms with van der Waals surface area (Å²) in [5.74, 6) is 0.640. The zero-order valence-corrected chi connectivity index (χ0v) is 15.8. The molecular formula is C20H28N4O2. The van der Waals surface area contributed by atoms with Gasteiger partial charge in [0.15, 0.2) is 0 Å². The van der Waals surface area contributed by atoms with Gasteiger partial charge in [0.1, 0.15) is 0 Å². The summed E-state index contributed by atoms with van der Waals surface area (Å²) in [5, 5.41) is 7.28. The van der Waals surface area contributed by atoms with Gasteiger partial charge in [-0.05, 0) is 49.4 Å². The summed E-state index contributed by atoms with van der Waals surface area (Å²) in [7, 11) is 0. The van der Waals surface area contributed by atoms with Gasteiger partial charge >= 0.3 is 6.03 Å². The van der Waals surface area contributed by atoms with Gasteiger partial charge in [-0.25, -0.2) is 9.48 Å². The van der Waals surface area contributed by atoms with Crippen LogP contribution in [0.5, 0.6) is 0 Å². The summed E-state index contributed by atoms with van der Waals surface area (Å²) in [6.45, 7) is 8.53. The van der Waals surface area contributed by atoms with Crippen molar-refractivity contribution in [2.24, 2.45) is 5.92 Å². The van der Waals surface area contributed by atoms with E-state index in [0.717, 1.165) is 42.9 Å². The Morgan fingerprint density at radius 3 is 3.00 bits per heavy atom. The molecular weight excluding hydrogens is 328 g/mol. The second-order valence-corrected chi connectivity index (χ2v) is 7.29. The number of aryl methyl sites for hydroxylation is 1. The summed E-state index contributed by atoms with van der Waals surface area (Å²) < 4.78 is 7.68. The number of carbonyl (C=O) groups is 1. The van der Waals surface area contributed by atoms with E-state index in [4.69, 9.17) is 4.74 Å². The second-order valence-electron chi connectivity index (χ2n) is 7.29. The fourth-order valence-electron chi connectivity index (χ4n) is 3.02. The van der Waals surface area contributed by atoms with E-state index >= 15 is 0 Å². The number of nitrogens with zero attached hydrogens (tertiary/aromatic N) is 3. The third-order valence-electron chi connectivity index (χ3n) is 4.71. The maximum atomic E-state index is 12.6. The number of hydrogen-bond acceptors (Lipinski definition) is 3. The van der Waals surface area contributed by atoms with E-state index < -0.39 is 0 Å². The van der Waals surface area contributed by atoms with Crippen molar-refractivity contribution in [1.82, 2.24) is 14.7 Å². The molecule has 0 bridgehead atoms. The average molecular weight is 356 g/mol. The monoisotopic (exact) mass is 356 g/mol. The zero-order chi connectivity index (χ0) is 18.5. The predicted molar refractivity (Wildman–Crippen MR) is 103 cm³/mol. The predicted octanol–water partition coefficient (Wildman–Crippen LogP) is 3.85. The van der Waals surface area contributed by atoms with E-state index in [1.807, 2.05) is 42.3 Å². The van der Waals surface area contributed by atoms with Crippen LogP contribution in [0.25, 0.3) is 5.69 Å². The second kappa shape index (κ2) is 8.36. The Morgan fingerprint density at radius 2 is 2.27 bits per heavy atom. The minimum atomic E-state index is -0.0688. The van der Waals surface area contributed by atoms with Crippen LogP contribution in [0.1, 0.15) is 32.3 Å². The number of benzene rings is 1. The van der Waals surface area contributed by atoms with E-state index in [1.165, 1.54) is 0 Å². The molecule has 3 rings (SSSR count). The summed E-state index contributed by atoms with van der Waals surface area (Å²) >= 11 is 0. The highest BCUT2D eigenvalue weighted by Gasteiger charge is 2.27. The molecule has 26 heavy (non-hydrogen) atoms. The molecule has 1 unspecified atom stereocenters. The van der Waals surface area contributed by atoms with Gasteiger partial charge in [0.05, 0.1) is 11.8 Å².